The van der Waals surface area contributed by atoms with Crippen LogP contribution >= 0.6 is 0 Å². The van der Waals surface area contributed by atoms with Gasteiger partial charge in [0.15, 0.2) is 6.61 Å². The highest BCUT2D eigenvalue weighted by Crippen LogP contribution is 2.30. The molecule has 0 saturated heterocycles. The second-order valence-electron chi connectivity index (χ2n) is 8.13. The normalized spacial score (nSPS) is 11.3. The van der Waals surface area contributed by atoms with Crippen molar-refractivity contribution in [2.24, 2.45) is 0 Å². The number of amides is 2. The van der Waals surface area contributed by atoms with Crippen LogP contribution in [0.15, 0.2) is 72.8 Å². The van der Waals surface area contributed by atoms with Gasteiger partial charge in [0.2, 0.25) is 11.7 Å². The van der Waals surface area contributed by atoms with Gasteiger partial charge in [0.1, 0.15) is 17.6 Å². The van der Waals surface area contributed by atoms with Gasteiger partial charge in [-0.15, -0.1) is 0 Å². The summed E-state index contributed by atoms with van der Waals surface area (Å²) in [5.41, 5.74) is 1.25. The van der Waals surface area contributed by atoms with E-state index in [0.29, 0.717) is 12.1 Å². The van der Waals surface area contributed by atoms with E-state index >= 15 is 0 Å². The van der Waals surface area contributed by atoms with Gasteiger partial charge in [0, 0.05) is 31.6 Å². The molecule has 37 heavy (non-hydrogen) atoms. The van der Waals surface area contributed by atoms with Crippen LogP contribution in [0.1, 0.15) is 18.1 Å². The number of carbonyl (C=O) groups excluding carboxylic acids is 2. The van der Waals surface area contributed by atoms with E-state index in [9.17, 15) is 24.1 Å². The van der Waals surface area contributed by atoms with Crippen LogP contribution in [-0.2, 0) is 22.6 Å². The lowest BCUT2D eigenvalue weighted by Crippen LogP contribution is -2.51. The van der Waals surface area contributed by atoms with Gasteiger partial charge in [-0.2, -0.15) is 0 Å². The lowest BCUT2D eigenvalue weighted by atomic mass is 10.0. The lowest BCUT2D eigenvalue weighted by Gasteiger charge is -2.31. The predicted octanol–water partition coefficient (Wildman–Crippen LogP) is 3.90. The van der Waals surface area contributed by atoms with Gasteiger partial charge >= 0.3 is 5.69 Å². The third-order valence-corrected chi connectivity index (χ3v) is 5.60. The Hall–Kier alpha value is -4.47. The van der Waals surface area contributed by atoms with E-state index in [0.717, 1.165) is 5.56 Å². The maximum absolute atomic E-state index is 13.5. The lowest BCUT2D eigenvalue weighted by molar-refractivity contribution is -0.385. The van der Waals surface area contributed by atoms with E-state index < -0.39 is 29.3 Å². The van der Waals surface area contributed by atoms with Crippen LogP contribution < -0.4 is 14.8 Å². The summed E-state index contributed by atoms with van der Waals surface area (Å²) >= 11 is 0. The first-order chi connectivity index (χ1) is 17.8. The molecule has 10 heteroatoms. The molecule has 2 amide bonds. The van der Waals surface area contributed by atoms with E-state index in [1.807, 2.05) is 30.3 Å². The molecule has 3 aromatic rings. The quantitative estimate of drug-likeness (QED) is 0.293. The van der Waals surface area contributed by atoms with E-state index in [2.05, 4.69) is 5.32 Å². The SMILES string of the molecule is CCNC(=O)[C@H](Cc1ccccc1)N(Cc1ccc(F)cc1)C(=O)COc1ccc([N+](=O)[O-])c(OC)c1. The Labute approximate surface area is 214 Å². The molecule has 0 aliphatic carbocycles. The largest absolute Gasteiger partial charge is 0.490 e. The third-order valence-electron chi connectivity index (χ3n) is 5.60. The average Bonchev–Trinajstić information content (AvgIpc) is 2.90. The summed E-state index contributed by atoms with van der Waals surface area (Å²) in [5.74, 6) is -1.06. The Bertz CT molecular complexity index is 1220. The first-order valence-corrected chi connectivity index (χ1v) is 11.6. The van der Waals surface area contributed by atoms with Crippen molar-refractivity contribution in [3.05, 3.63) is 99.9 Å². The second kappa shape index (κ2) is 13.0. The number of nitro groups is 1. The summed E-state index contributed by atoms with van der Waals surface area (Å²) in [7, 11) is 1.29. The number of likely N-dealkylation sites (N-methyl/N-ethyl adjacent to an activating group) is 1. The number of benzene rings is 3. The van der Waals surface area contributed by atoms with Crippen LogP contribution in [0, 0.1) is 15.9 Å². The van der Waals surface area contributed by atoms with Crippen LogP contribution in [0.25, 0.3) is 0 Å². The molecule has 0 spiro atoms. The summed E-state index contributed by atoms with van der Waals surface area (Å²) in [6.07, 6.45) is 0.255. The summed E-state index contributed by atoms with van der Waals surface area (Å²) in [6.45, 7) is 1.77. The number of carbonyl (C=O) groups is 2. The van der Waals surface area contributed by atoms with Crippen molar-refractivity contribution >= 4 is 17.5 Å². The number of nitro benzene ring substituents is 1. The molecular formula is C27H28FN3O6. The molecule has 3 rings (SSSR count). The molecule has 0 radical (unpaired) electrons. The maximum atomic E-state index is 13.5. The number of nitrogens with one attached hydrogen (secondary N) is 1. The van der Waals surface area contributed by atoms with Gasteiger partial charge in [-0.25, -0.2) is 4.39 Å². The van der Waals surface area contributed by atoms with Crippen LogP contribution in [0.4, 0.5) is 10.1 Å². The number of hydrogen-bond acceptors (Lipinski definition) is 6. The molecule has 9 nitrogen and oxygen atoms in total. The van der Waals surface area contributed by atoms with Gasteiger partial charge in [-0.3, -0.25) is 19.7 Å². The molecule has 0 aliphatic heterocycles. The highest BCUT2D eigenvalue weighted by molar-refractivity contribution is 5.88. The van der Waals surface area contributed by atoms with E-state index in [1.54, 1.807) is 19.1 Å². The molecule has 1 N–H and O–H groups in total. The van der Waals surface area contributed by atoms with Crippen LogP contribution in [0.3, 0.4) is 0 Å². The minimum atomic E-state index is -0.866. The standard InChI is InChI=1S/C27H28FN3O6/c1-3-29-27(33)24(15-19-7-5-4-6-8-19)30(17-20-9-11-21(28)12-10-20)26(32)18-37-22-13-14-23(31(34)35)25(16-22)36-2/h4-14,16,24H,3,15,17-18H2,1-2H3,(H,29,33)/t24-/m0/s1. The van der Waals surface area contributed by atoms with Crippen molar-refractivity contribution in [1.29, 1.82) is 0 Å². The van der Waals surface area contributed by atoms with Gasteiger partial charge in [0.25, 0.3) is 5.91 Å². The van der Waals surface area contributed by atoms with E-state index in [-0.39, 0.29) is 36.1 Å². The maximum Gasteiger partial charge on any atom is 0.311 e. The Morgan fingerprint density at radius 2 is 1.76 bits per heavy atom. The number of rotatable bonds is 12. The van der Waals surface area contributed by atoms with Crippen molar-refractivity contribution in [1.82, 2.24) is 10.2 Å². The molecule has 3 aromatic carbocycles. The van der Waals surface area contributed by atoms with Gasteiger partial charge in [-0.1, -0.05) is 42.5 Å². The summed E-state index contributed by atoms with van der Waals surface area (Å²) in [5, 5.41) is 13.9. The van der Waals surface area contributed by atoms with Crippen molar-refractivity contribution in [3.63, 3.8) is 0 Å². The topological polar surface area (TPSA) is 111 Å². The molecule has 0 fully saturated rings. The van der Waals surface area contributed by atoms with Crippen molar-refractivity contribution in [3.8, 4) is 11.5 Å². The fraction of sp³-hybridized carbons (Fsp3) is 0.259. The zero-order valence-corrected chi connectivity index (χ0v) is 20.6. The molecule has 0 heterocycles. The fourth-order valence-corrected chi connectivity index (χ4v) is 3.76. The molecule has 0 unspecified atom stereocenters. The number of methoxy groups -OCH3 is 1. The Kier molecular flexibility index (Phi) is 9.54. The number of ether oxygens (including phenoxy) is 2. The van der Waals surface area contributed by atoms with Crippen LogP contribution in [0.5, 0.6) is 11.5 Å². The molecule has 1 atom stereocenters. The molecule has 194 valence electrons. The average molecular weight is 510 g/mol. The Morgan fingerprint density at radius 3 is 2.38 bits per heavy atom. The van der Waals surface area contributed by atoms with Gasteiger partial charge < -0.3 is 19.7 Å². The minimum Gasteiger partial charge on any atom is -0.490 e. The van der Waals surface area contributed by atoms with Crippen molar-refractivity contribution in [2.75, 3.05) is 20.3 Å². The minimum absolute atomic E-state index is 0.0117. The summed E-state index contributed by atoms with van der Waals surface area (Å²) in [6, 6.07) is 18.0. The zero-order valence-electron chi connectivity index (χ0n) is 20.6. The number of nitrogens with zero attached hydrogens (tertiary/aromatic N) is 2. The van der Waals surface area contributed by atoms with Gasteiger partial charge in [0.05, 0.1) is 12.0 Å². The van der Waals surface area contributed by atoms with E-state index in [1.165, 1.54) is 42.3 Å². The molecule has 0 aromatic heterocycles. The first-order valence-electron chi connectivity index (χ1n) is 11.6. The number of halogens is 1. The predicted molar refractivity (Wildman–Crippen MR) is 135 cm³/mol. The van der Waals surface area contributed by atoms with Crippen LogP contribution in [-0.4, -0.2) is 47.9 Å². The molecule has 0 aliphatic rings. The smallest absolute Gasteiger partial charge is 0.311 e. The highest BCUT2D eigenvalue weighted by atomic mass is 19.1. The monoisotopic (exact) mass is 509 g/mol. The summed E-state index contributed by atoms with van der Waals surface area (Å²) in [4.78, 5) is 38.5. The number of hydrogen-bond donors (Lipinski definition) is 1. The van der Waals surface area contributed by atoms with Crippen LogP contribution in [0.2, 0.25) is 0 Å². The van der Waals surface area contributed by atoms with Crippen molar-refractivity contribution < 1.29 is 28.4 Å². The molecule has 0 saturated carbocycles. The zero-order chi connectivity index (χ0) is 26.8. The van der Waals surface area contributed by atoms with E-state index in [4.69, 9.17) is 9.47 Å². The fourth-order valence-electron chi connectivity index (χ4n) is 3.76. The Morgan fingerprint density at radius 1 is 1.05 bits per heavy atom. The Balaban J connectivity index is 1.88. The van der Waals surface area contributed by atoms with Gasteiger partial charge in [-0.05, 0) is 36.2 Å². The summed E-state index contributed by atoms with van der Waals surface area (Å²) < 4.78 is 24.2. The third kappa shape index (κ3) is 7.50. The highest BCUT2D eigenvalue weighted by Gasteiger charge is 2.30. The molecular weight excluding hydrogens is 481 g/mol. The second-order valence-corrected chi connectivity index (χ2v) is 8.13. The molecule has 0 bridgehead atoms. The van der Waals surface area contributed by atoms with Crippen molar-refractivity contribution in [2.45, 2.75) is 25.9 Å². The first kappa shape index (κ1) is 27.1.